The van der Waals surface area contributed by atoms with Crippen molar-refractivity contribution in [3.05, 3.63) is 0 Å². The summed E-state index contributed by atoms with van der Waals surface area (Å²) in [5.41, 5.74) is -4.26. The molecule has 0 bridgehead atoms. The molecule has 0 unspecified atom stereocenters. The molecule has 0 aliphatic rings. The van der Waals surface area contributed by atoms with Gasteiger partial charge in [0.1, 0.15) is 0 Å². The Morgan fingerprint density at radius 2 is 1.75 bits per heavy atom. The van der Waals surface area contributed by atoms with Gasteiger partial charge in [0, 0.05) is 0 Å². The largest absolute Gasteiger partial charge is 0.385 e. The number of alkyl halides is 4. The molecule has 0 saturated heterocycles. The summed E-state index contributed by atoms with van der Waals surface area (Å²) in [4.78, 5) is 0. The van der Waals surface area contributed by atoms with Gasteiger partial charge in [-0.15, -0.1) is 0 Å². The Morgan fingerprint density at radius 3 is 1.75 bits per heavy atom. The number of hydrogen-bond acceptors (Lipinski definition) is 1. The lowest BCUT2D eigenvalue weighted by Crippen LogP contribution is -2.28. The molecular formula is C2H2F4OSi. The van der Waals surface area contributed by atoms with Gasteiger partial charge in [0.15, 0.2) is 0 Å². The molecule has 0 aliphatic carbocycles. The van der Waals surface area contributed by atoms with Crippen molar-refractivity contribution >= 4 is 9.41 Å². The minimum atomic E-state index is -4.26. The highest BCUT2D eigenvalue weighted by Gasteiger charge is 2.40. The van der Waals surface area contributed by atoms with Gasteiger partial charge in [-0.1, -0.05) is 0 Å². The second-order valence-corrected chi connectivity index (χ2v) is 2.10. The van der Waals surface area contributed by atoms with Crippen LogP contribution in [0.1, 0.15) is 0 Å². The van der Waals surface area contributed by atoms with E-state index in [2.05, 4.69) is 0 Å². The van der Waals surface area contributed by atoms with E-state index in [4.69, 9.17) is 0 Å². The Kier molecular flexibility index (Phi) is 2.26. The molecule has 0 aliphatic heterocycles. The Balaban J connectivity index is 3.90. The quantitative estimate of drug-likeness (QED) is 0.412. The summed E-state index contributed by atoms with van der Waals surface area (Å²) in [5, 5.41) is 0. The molecule has 6 heteroatoms. The predicted octanol–water partition coefficient (Wildman–Crippen LogP) is 0.626. The summed E-state index contributed by atoms with van der Waals surface area (Å²) >= 11 is 0. The van der Waals surface area contributed by atoms with Gasteiger partial charge < -0.3 is 4.46 Å². The molecule has 0 N–H and O–H groups in total. The molecule has 0 aromatic heterocycles. The van der Waals surface area contributed by atoms with Crippen molar-refractivity contribution < 1.29 is 22.0 Å². The van der Waals surface area contributed by atoms with E-state index in [1.54, 1.807) is 0 Å². The fraction of sp³-hybridized carbons (Fsp3) is 1.00. The van der Waals surface area contributed by atoms with Crippen molar-refractivity contribution in [2.24, 2.45) is 0 Å². The molecular weight excluding hydrogens is 144 g/mol. The highest BCUT2D eigenvalue weighted by atomic mass is 28.2. The summed E-state index contributed by atoms with van der Waals surface area (Å²) in [6.45, 7) is 0. The summed E-state index contributed by atoms with van der Waals surface area (Å²) in [7, 11) is -2.70. The van der Waals surface area contributed by atoms with Crippen LogP contribution < -0.4 is 0 Å². The average Bonchev–Trinajstić information content (AvgIpc) is 1.67. The zero-order valence-corrected chi connectivity index (χ0v) is 4.73. The van der Waals surface area contributed by atoms with E-state index < -0.39 is 21.4 Å². The van der Waals surface area contributed by atoms with Crippen LogP contribution in [0.4, 0.5) is 17.6 Å². The zero-order chi connectivity index (χ0) is 6.78. The molecule has 0 saturated carbocycles. The van der Waals surface area contributed by atoms with Gasteiger partial charge in [-0.3, -0.25) is 0 Å². The average molecular weight is 146 g/mol. The van der Waals surface area contributed by atoms with Crippen LogP contribution in [-0.2, 0) is 4.46 Å². The van der Waals surface area contributed by atoms with E-state index in [9.17, 15) is 22.0 Å². The second kappa shape index (κ2) is 2.34. The van der Waals surface area contributed by atoms with Gasteiger partial charge in [-0.2, -0.15) is 8.78 Å². The molecule has 8 heavy (non-hydrogen) atoms. The Hall–Kier alpha value is -0.263. The third kappa shape index (κ3) is 1.69. The molecule has 0 aromatic rings. The normalized spacial score (nSPS) is 12.1. The van der Waals surface area contributed by atoms with Gasteiger partial charge >= 0.3 is 21.4 Å². The third-order valence-electron chi connectivity index (χ3n) is 0.448. The molecule has 1 nitrogen and oxygen atoms in total. The number of rotatable bonds is 2. The van der Waals surface area contributed by atoms with Crippen molar-refractivity contribution in [1.82, 2.24) is 0 Å². The molecule has 0 radical (unpaired) electrons. The van der Waals surface area contributed by atoms with E-state index in [-0.39, 0.29) is 0 Å². The van der Waals surface area contributed by atoms with Crippen LogP contribution in [0.15, 0.2) is 0 Å². The van der Waals surface area contributed by atoms with Crippen molar-refractivity contribution in [2.45, 2.75) is 12.0 Å². The van der Waals surface area contributed by atoms with Gasteiger partial charge in [0.25, 0.3) is 0 Å². The first kappa shape index (κ1) is 7.74. The molecule has 0 aromatic carbocycles. The van der Waals surface area contributed by atoms with Crippen LogP contribution >= 0.6 is 0 Å². The van der Waals surface area contributed by atoms with E-state index in [0.717, 1.165) is 0 Å². The number of halogens is 4. The van der Waals surface area contributed by atoms with Gasteiger partial charge in [-0.25, -0.2) is 8.78 Å². The van der Waals surface area contributed by atoms with Crippen molar-refractivity contribution in [3.63, 3.8) is 0 Å². The van der Waals surface area contributed by atoms with E-state index >= 15 is 0 Å². The minimum Gasteiger partial charge on any atom is -0.385 e. The maximum Gasteiger partial charge on any atom is 0.347 e. The summed E-state index contributed by atoms with van der Waals surface area (Å²) in [6, 6.07) is 0. The SMILES string of the molecule is O=[SiH]C(F)(F)C(F)F. The molecule has 48 valence electrons. The van der Waals surface area contributed by atoms with Gasteiger partial charge in [-0.05, 0) is 0 Å². The van der Waals surface area contributed by atoms with E-state index in [0.29, 0.717) is 0 Å². The van der Waals surface area contributed by atoms with Crippen LogP contribution in [0, 0.1) is 0 Å². The Labute approximate surface area is 44.6 Å². The van der Waals surface area contributed by atoms with E-state index in [1.807, 2.05) is 0 Å². The minimum absolute atomic E-state index is 2.70. The zero-order valence-electron chi connectivity index (χ0n) is 3.57. The third-order valence-corrected chi connectivity index (χ3v) is 1.01. The van der Waals surface area contributed by atoms with Gasteiger partial charge in [0.2, 0.25) is 0 Å². The van der Waals surface area contributed by atoms with Crippen LogP contribution in [0.25, 0.3) is 0 Å². The smallest absolute Gasteiger partial charge is 0.347 e. The lowest BCUT2D eigenvalue weighted by atomic mass is 10.7. The summed E-state index contributed by atoms with van der Waals surface area (Å²) in [6.07, 6.45) is -3.80. The van der Waals surface area contributed by atoms with Crippen LogP contribution in [-0.4, -0.2) is 21.4 Å². The highest BCUT2D eigenvalue weighted by Crippen LogP contribution is 2.18. The first-order chi connectivity index (χ1) is 3.50. The van der Waals surface area contributed by atoms with Crippen molar-refractivity contribution in [1.29, 1.82) is 0 Å². The maximum atomic E-state index is 11.2. The van der Waals surface area contributed by atoms with Gasteiger partial charge in [0.05, 0.1) is 0 Å². The van der Waals surface area contributed by atoms with Crippen LogP contribution in [0.2, 0.25) is 0 Å². The number of hydrogen-bond donors (Lipinski definition) is 0. The topological polar surface area (TPSA) is 17.1 Å². The lowest BCUT2D eigenvalue weighted by Gasteiger charge is -2.03. The fourth-order valence-electron chi connectivity index (χ4n) is 0.0514. The highest BCUT2D eigenvalue weighted by molar-refractivity contribution is 6.21. The Morgan fingerprint density at radius 1 is 1.38 bits per heavy atom. The first-order valence-corrected chi connectivity index (χ1v) is 2.68. The van der Waals surface area contributed by atoms with E-state index in [1.165, 1.54) is 0 Å². The summed E-state index contributed by atoms with van der Waals surface area (Å²) in [5.74, 6) is 0. The Bertz CT molecular complexity index is 92.0. The van der Waals surface area contributed by atoms with Crippen molar-refractivity contribution in [3.8, 4) is 0 Å². The maximum absolute atomic E-state index is 11.2. The molecule has 0 rings (SSSR count). The molecule has 0 fully saturated rings. The molecule has 0 heterocycles. The predicted molar refractivity (Wildman–Crippen MR) is 18.8 cm³/mol. The van der Waals surface area contributed by atoms with Crippen LogP contribution in [0.5, 0.6) is 0 Å². The second-order valence-electron chi connectivity index (χ2n) is 1.09. The first-order valence-electron chi connectivity index (χ1n) is 1.63. The molecule has 0 atom stereocenters. The standard InChI is InChI=1S/C2H2F4OSi/c3-1(4)2(5,6)8-7/h1,8H. The van der Waals surface area contributed by atoms with Crippen molar-refractivity contribution in [2.75, 3.05) is 0 Å². The molecule has 0 amide bonds. The molecule has 0 spiro atoms. The lowest BCUT2D eigenvalue weighted by molar-refractivity contribution is -0.0684. The summed E-state index contributed by atoms with van der Waals surface area (Å²) < 4.78 is 53.5. The fourth-order valence-corrected chi connectivity index (χ4v) is 0.154. The van der Waals surface area contributed by atoms with Crippen LogP contribution in [0.3, 0.4) is 0 Å². The monoisotopic (exact) mass is 146 g/mol.